The summed E-state index contributed by atoms with van der Waals surface area (Å²) in [5, 5.41) is 11.2. The van der Waals surface area contributed by atoms with Crippen LogP contribution < -0.4 is 11.1 Å². The first-order chi connectivity index (χ1) is 8.49. The van der Waals surface area contributed by atoms with Gasteiger partial charge in [-0.25, -0.2) is 0 Å². The Hall–Kier alpha value is -1.88. The smallest absolute Gasteiger partial charge is 0.305 e. The van der Waals surface area contributed by atoms with E-state index in [-0.39, 0.29) is 12.3 Å². The number of amides is 1. The minimum Gasteiger partial charge on any atom is -0.481 e. The molecule has 0 bridgehead atoms. The Kier molecular flexibility index (Phi) is 5.32. The Morgan fingerprint density at radius 1 is 1.33 bits per heavy atom. The summed E-state index contributed by atoms with van der Waals surface area (Å²) < 4.78 is 0. The van der Waals surface area contributed by atoms with Gasteiger partial charge >= 0.3 is 5.97 Å². The Labute approximate surface area is 106 Å². The van der Waals surface area contributed by atoms with Crippen LogP contribution in [0.15, 0.2) is 30.3 Å². The van der Waals surface area contributed by atoms with Gasteiger partial charge in [-0.1, -0.05) is 30.3 Å². The average Bonchev–Trinajstić information content (AvgIpc) is 2.28. The van der Waals surface area contributed by atoms with E-state index in [4.69, 9.17) is 10.8 Å². The minimum atomic E-state index is -0.945. The number of nitrogens with one attached hydrogen (secondary N) is 1. The van der Waals surface area contributed by atoms with Crippen LogP contribution in [0.1, 0.15) is 18.9 Å². The number of hydrogen-bond acceptors (Lipinski definition) is 3. The lowest BCUT2D eigenvalue weighted by atomic mass is 10.1. The second-order valence-electron chi connectivity index (χ2n) is 4.30. The minimum absolute atomic E-state index is 0.107. The molecule has 4 N–H and O–H groups in total. The van der Waals surface area contributed by atoms with Crippen LogP contribution in [0.25, 0.3) is 0 Å². The van der Waals surface area contributed by atoms with E-state index in [9.17, 15) is 9.59 Å². The standard InChI is InChI=1S/C13H18N2O3/c1-9(7-12(16)17)15-13(18)11(14)8-10-5-3-2-4-6-10/h2-6,9,11H,7-8,14H2,1H3,(H,15,18)(H,16,17). The maximum Gasteiger partial charge on any atom is 0.305 e. The van der Waals surface area contributed by atoms with Gasteiger partial charge in [-0.05, 0) is 18.9 Å². The number of hydrogen-bond donors (Lipinski definition) is 3. The number of benzene rings is 1. The molecule has 1 rings (SSSR count). The fraction of sp³-hybridized carbons (Fsp3) is 0.385. The number of nitrogens with two attached hydrogens (primary N) is 1. The van der Waals surface area contributed by atoms with Gasteiger partial charge in [-0.3, -0.25) is 9.59 Å². The molecule has 18 heavy (non-hydrogen) atoms. The van der Waals surface area contributed by atoms with Crippen molar-refractivity contribution in [1.82, 2.24) is 5.32 Å². The number of aliphatic carboxylic acids is 1. The highest BCUT2D eigenvalue weighted by Crippen LogP contribution is 2.02. The van der Waals surface area contributed by atoms with Crippen LogP contribution >= 0.6 is 0 Å². The molecule has 0 aliphatic heterocycles. The molecule has 1 aromatic rings. The first-order valence-electron chi connectivity index (χ1n) is 5.80. The van der Waals surface area contributed by atoms with Crippen molar-refractivity contribution in [2.75, 3.05) is 0 Å². The lowest BCUT2D eigenvalue weighted by Crippen LogP contribution is -2.46. The molecule has 0 radical (unpaired) electrons. The van der Waals surface area contributed by atoms with E-state index in [0.29, 0.717) is 6.42 Å². The van der Waals surface area contributed by atoms with Gasteiger partial charge in [0, 0.05) is 6.04 Å². The number of carbonyl (C=O) groups is 2. The summed E-state index contributed by atoms with van der Waals surface area (Å²) in [6, 6.07) is 8.37. The van der Waals surface area contributed by atoms with Crippen LogP contribution in [-0.4, -0.2) is 29.1 Å². The van der Waals surface area contributed by atoms with Gasteiger partial charge in [0.15, 0.2) is 0 Å². The summed E-state index contributed by atoms with van der Waals surface area (Å²) in [5.41, 5.74) is 6.75. The van der Waals surface area contributed by atoms with Crippen LogP contribution in [0.2, 0.25) is 0 Å². The Morgan fingerprint density at radius 2 is 1.94 bits per heavy atom. The highest BCUT2D eigenvalue weighted by Gasteiger charge is 2.17. The van der Waals surface area contributed by atoms with Crippen molar-refractivity contribution < 1.29 is 14.7 Å². The fourth-order valence-corrected chi connectivity index (χ4v) is 1.62. The van der Waals surface area contributed by atoms with Crippen LogP contribution in [0.4, 0.5) is 0 Å². The van der Waals surface area contributed by atoms with E-state index in [0.717, 1.165) is 5.56 Å². The molecule has 0 spiro atoms. The molecule has 2 unspecified atom stereocenters. The number of carboxylic acid groups (broad SMARTS) is 1. The van der Waals surface area contributed by atoms with E-state index < -0.39 is 18.1 Å². The predicted molar refractivity (Wildman–Crippen MR) is 68.0 cm³/mol. The summed E-state index contributed by atoms with van der Waals surface area (Å²) in [5.74, 6) is -1.27. The fourth-order valence-electron chi connectivity index (χ4n) is 1.62. The number of rotatable bonds is 6. The highest BCUT2D eigenvalue weighted by molar-refractivity contribution is 5.82. The van der Waals surface area contributed by atoms with Gasteiger partial charge in [-0.15, -0.1) is 0 Å². The van der Waals surface area contributed by atoms with Crippen molar-refractivity contribution in [2.45, 2.75) is 31.8 Å². The quantitative estimate of drug-likeness (QED) is 0.687. The van der Waals surface area contributed by atoms with Crippen LogP contribution in [-0.2, 0) is 16.0 Å². The zero-order valence-electron chi connectivity index (χ0n) is 10.3. The molecule has 2 atom stereocenters. The normalized spacial score (nSPS) is 13.7. The van der Waals surface area contributed by atoms with Crippen LogP contribution in [0.3, 0.4) is 0 Å². The average molecular weight is 250 g/mol. The van der Waals surface area contributed by atoms with Crippen molar-refractivity contribution in [3.63, 3.8) is 0 Å². The molecular weight excluding hydrogens is 232 g/mol. The maximum atomic E-state index is 11.7. The first kappa shape index (κ1) is 14.2. The van der Waals surface area contributed by atoms with E-state index in [1.807, 2.05) is 30.3 Å². The molecule has 0 saturated carbocycles. The molecule has 0 heterocycles. The SMILES string of the molecule is CC(CC(=O)O)NC(=O)C(N)Cc1ccccc1. The number of carboxylic acids is 1. The maximum absolute atomic E-state index is 11.7. The van der Waals surface area contributed by atoms with Crippen molar-refractivity contribution in [1.29, 1.82) is 0 Å². The highest BCUT2D eigenvalue weighted by atomic mass is 16.4. The third-order valence-corrected chi connectivity index (χ3v) is 2.50. The van der Waals surface area contributed by atoms with Crippen molar-refractivity contribution in [2.24, 2.45) is 5.73 Å². The predicted octanol–water partition coefficient (Wildman–Crippen LogP) is 0.536. The van der Waals surface area contributed by atoms with E-state index >= 15 is 0 Å². The lowest BCUT2D eigenvalue weighted by molar-refractivity contribution is -0.137. The molecule has 1 amide bonds. The third kappa shape index (κ3) is 4.97. The monoisotopic (exact) mass is 250 g/mol. The van der Waals surface area contributed by atoms with E-state index in [2.05, 4.69) is 5.32 Å². The summed E-state index contributed by atoms with van der Waals surface area (Å²) in [4.78, 5) is 22.2. The van der Waals surface area contributed by atoms with Gasteiger partial charge in [0.2, 0.25) is 5.91 Å². The van der Waals surface area contributed by atoms with Gasteiger partial charge in [0.25, 0.3) is 0 Å². The molecule has 5 heteroatoms. The topological polar surface area (TPSA) is 92.4 Å². The molecule has 0 aliphatic carbocycles. The van der Waals surface area contributed by atoms with Crippen molar-refractivity contribution in [3.8, 4) is 0 Å². The second-order valence-corrected chi connectivity index (χ2v) is 4.30. The molecular formula is C13H18N2O3. The molecule has 98 valence electrons. The summed E-state index contributed by atoms with van der Waals surface area (Å²) >= 11 is 0. The molecule has 0 aliphatic rings. The molecule has 0 fully saturated rings. The number of carbonyl (C=O) groups excluding carboxylic acids is 1. The summed E-state index contributed by atoms with van der Waals surface area (Å²) in [7, 11) is 0. The summed E-state index contributed by atoms with van der Waals surface area (Å²) in [6.07, 6.45) is 0.330. The van der Waals surface area contributed by atoms with Crippen molar-refractivity contribution in [3.05, 3.63) is 35.9 Å². The summed E-state index contributed by atoms with van der Waals surface area (Å²) in [6.45, 7) is 1.64. The zero-order valence-corrected chi connectivity index (χ0v) is 10.3. The largest absolute Gasteiger partial charge is 0.481 e. The van der Waals surface area contributed by atoms with Gasteiger partial charge < -0.3 is 16.2 Å². The van der Waals surface area contributed by atoms with Gasteiger partial charge in [-0.2, -0.15) is 0 Å². The van der Waals surface area contributed by atoms with E-state index in [1.54, 1.807) is 6.92 Å². The van der Waals surface area contributed by atoms with Gasteiger partial charge in [0.1, 0.15) is 0 Å². The first-order valence-corrected chi connectivity index (χ1v) is 5.80. The van der Waals surface area contributed by atoms with E-state index in [1.165, 1.54) is 0 Å². The van der Waals surface area contributed by atoms with Crippen LogP contribution in [0, 0.1) is 0 Å². The van der Waals surface area contributed by atoms with Crippen LogP contribution in [0.5, 0.6) is 0 Å². The Balaban J connectivity index is 2.44. The molecule has 0 aromatic heterocycles. The Bertz CT molecular complexity index is 406. The molecule has 0 saturated heterocycles. The molecule has 1 aromatic carbocycles. The zero-order chi connectivity index (χ0) is 13.5. The molecule has 5 nitrogen and oxygen atoms in total. The lowest BCUT2D eigenvalue weighted by Gasteiger charge is -2.16. The Morgan fingerprint density at radius 3 is 2.50 bits per heavy atom. The third-order valence-electron chi connectivity index (χ3n) is 2.50. The van der Waals surface area contributed by atoms with Crippen molar-refractivity contribution >= 4 is 11.9 Å². The second kappa shape index (κ2) is 6.76. The van der Waals surface area contributed by atoms with Gasteiger partial charge in [0.05, 0.1) is 12.5 Å².